The minimum Gasteiger partial charge on any atom is -0.390 e. The molecular formula is C13H13N3S. The maximum absolute atomic E-state index is 5.91. The van der Waals surface area contributed by atoms with Crippen LogP contribution in [0, 0.1) is 0 Å². The molecule has 0 aliphatic carbocycles. The van der Waals surface area contributed by atoms with Crippen molar-refractivity contribution in [1.29, 1.82) is 0 Å². The lowest BCUT2D eigenvalue weighted by molar-refractivity contribution is 1.14. The van der Waals surface area contributed by atoms with E-state index < -0.39 is 0 Å². The molecular weight excluding hydrogens is 230 g/mol. The number of fused-ring (bicyclic) bond motifs is 1. The van der Waals surface area contributed by atoms with Gasteiger partial charge in [-0.1, -0.05) is 13.0 Å². The molecule has 0 atom stereocenters. The van der Waals surface area contributed by atoms with Gasteiger partial charge in [0.05, 0.1) is 21.6 Å². The molecule has 17 heavy (non-hydrogen) atoms. The molecule has 2 aromatic heterocycles. The Labute approximate surface area is 103 Å². The fourth-order valence-electron chi connectivity index (χ4n) is 1.92. The lowest BCUT2D eigenvalue weighted by Gasteiger charge is -1.94. The highest BCUT2D eigenvalue weighted by atomic mass is 32.1. The van der Waals surface area contributed by atoms with Crippen molar-refractivity contribution < 1.29 is 0 Å². The summed E-state index contributed by atoms with van der Waals surface area (Å²) in [5, 5.41) is 2.79. The van der Waals surface area contributed by atoms with Crippen molar-refractivity contribution in [1.82, 2.24) is 9.97 Å². The number of H-pyrrole nitrogens is 1. The van der Waals surface area contributed by atoms with Crippen molar-refractivity contribution in [3.8, 4) is 11.4 Å². The predicted octanol–water partition coefficient (Wildman–Crippen LogP) is 3.44. The summed E-state index contributed by atoms with van der Waals surface area (Å²) >= 11 is 1.53. The summed E-state index contributed by atoms with van der Waals surface area (Å²) in [6.07, 6.45) is 1.03. The van der Waals surface area contributed by atoms with Gasteiger partial charge in [0.25, 0.3) is 0 Å². The Morgan fingerprint density at radius 3 is 2.94 bits per heavy atom. The highest BCUT2D eigenvalue weighted by Crippen LogP contribution is 2.29. The van der Waals surface area contributed by atoms with Crippen LogP contribution in [0.5, 0.6) is 0 Å². The van der Waals surface area contributed by atoms with E-state index in [2.05, 4.69) is 35.1 Å². The van der Waals surface area contributed by atoms with Gasteiger partial charge in [0.15, 0.2) is 0 Å². The predicted molar refractivity (Wildman–Crippen MR) is 73.2 cm³/mol. The number of aromatic nitrogens is 2. The number of anilines is 1. The Hall–Kier alpha value is -1.81. The van der Waals surface area contributed by atoms with Crippen LogP contribution in [0.4, 0.5) is 5.00 Å². The number of benzene rings is 1. The molecule has 0 aliphatic heterocycles. The molecule has 0 spiro atoms. The number of aryl methyl sites for hydroxylation is 1. The molecule has 0 amide bonds. The number of thiophene rings is 1. The number of nitrogens with one attached hydrogen (secondary N) is 1. The first-order chi connectivity index (χ1) is 8.28. The lowest BCUT2D eigenvalue weighted by Crippen LogP contribution is -1.84. The third-order valence-electron chi connectivity index (χ3n) is 2.90. The van der Waals surface area contributed by atoms with Gasteiger partial charge in [-0.15, -0.1) is 11.3 Å². The SMILES string of the molecule is CCc1ccc2nc(-c3ccsc3N)[nH]c2c1. The molecule has 0 radical (unpaired) electrons. The number of hydrogen-bond donors (Lipinski definition) is 2. The molecule has 3 aromatic rings. The first-order valence-electron chi connectivity index (χ1n) is 5.60. The zero-order chi connectivity index (χ0) is 11.8. The average Bonchev–Trinajstić information content (AvgIpc) is 2.93. The van der Waals surface area contributed by atoms with Crippen LogP contribution in [0.1, 0.15) is 12.5 Å². The molecule has 4 heteroatoms. The van der Waals surface area contributed by atoms with Gasteiger partial charge in [0.2, 0.25) is 0 Å². The highest BCUT2D eigenvalue weighted by molar-refractivity contribution is 7.14. The minimum absolute atomic E-state index is 0.805. The molecule has 3 N–H and O–H groups in total. The van der Waals surface area contributed by atoms with Gasteiger partial charge in [-0.25, -0.2) is 4.98 Å². The molecule has 2 heterocycles. The van der Waals surface area contributed by atoms with Crippen molar-refractivity contribution in [2.24, 2.45) is 0 Å². The van der Waals surface area contributed by atoms with Crippen molar-refractivity contribution in [2.45, 2.75) is 13.3 Å². The third kappa shape index (κ3) is 1.70. The van der Waals surface area contributed by atoms with E-state index in [1.165, 1.54) is 16.9 Å². The van der Waals surface area contributed by atoms with E-state index in [-0.39, 0.29) is 0 Å². The van der Waals surface area contributed by atoms with Gasteiger partial charge < -0.3 is 10.7 Å². The van der Waals surface area contributed by atoms with Crippen LogP contribution in [0.3, 0.4) is 0 Å². The number of nitrogens with zero attached hydrogens (tertiary/aromatic N) is 1. The summed E-state index contributed by atoms with van der Waals surface area (Å²) in [6.45, 7) is 2.15. The number of hydrogen-bond acceptors (Lipinski definition) is 3. The van der Waals surface area contributed by atoms with Crippen LogP contribution in [-0.2, 0) is 6.42 Å². The Bertz CT molecular complexity index is 666. The Kier molecular flexibility index (Phi) is 2.37. The second-order valence-corrected chi connectivity index (χ2v) is 4.94. The summed E-state index contributed by atoms with van der Waals surface area (Å²) in [7, 11) is 0. The average molecular weight is 243 g/mol. The van der Waals surface area contributed by atoms with Gasteiger partial charge in [0.1, 0.15) is 5.82 Å². The summed E-state index contributed by atoms with van der Waals surface area (Å²) in [5.74, 6) is 0.854. The van der Waals surface area contributed by atoms with Crippen LogP contribution in [0.25, 0.3) is 22.4 Å². The maximum atomic E-state index is 5.91. The number of imidazole rings is 1. The van der Waals surface area contributed by atoms with Crippen LogP contribution in [-0.4, -0.2) is 9.97 Å². The normalized spacial score (nSPS) is 11.1. The number of nitrogen functional groups attached to an aromatic ring is 1. The Morgan fingerprint density at radius 2 is 2.24 bits per heavy atom. The van der Waals surface area contributed by atoms with E-state index in [1.807, 2.05) is 11.4 Å². The second kappa shape index (κ2) is 3.89. The first-order valence-corrected chi connectivity index (χ1v) is 6.48. The summed E-state index contributed by atoms with van der Waals surface area (Å²) in [5.41, 5.74) is 10.3. The molecule has 86 valence electrons. The number of nitrogens with two attached hydrogens (primary N) is 1. The summed E-state index contributed by atoms with van der Waals surface area (Å²) < 4.78 is 0. The molecule has 0 aliphatic rings. The molecule has 0 saturated heterocycles. The van der Waals surface area contributed by atoms with Crippen LogP contribution in [0.2, 0.25) is 0 Å². The molecule has 1 aromatic carbocycles. The fraction of sp³-hybridized carbons (Fsp3) is 0.154. The topological polar surface area (TPSA) is 54.7 Å². The fourth-order valence-corrected chi connectivity index (χ4v) is 2.56. The van der Waals surface area contributed by atoms with Gasteiger partial charge in [-0.05, 0) is 35.6 Å². The van der Waals surface area contributed by atoms with E-state index in [4.69, 9.17) is 5.73 Å². The van der Waals surface area contributed by atoms with Crippen molar-refractivity contribution in [3.63, 3.8) is 0 Å². The van der Waals surface area contributed by atoms with Crippen LogP contribution < -0.4 is 5.73 Å². The number of aromatic amines is 1. The highest BCUT2D eigenvalue weighted by Gasteiger charge is 2.09. The van der Waals surface area contributed by atoms with Gasteiger partial charge >= 0.3 is 0 Å². The van der Waals surface area contributed by atoms with Gasteiger partial charge in [-0.3, -0.25) is 0 Å². The van der Waals surface area contributed by atoms with Crippen LogP contribution >= 0.6 is 11.3 Å². The molecule has 0 unspecified atom stereocenters. The van der Waals surface area contributed by atoms with E-state index >= 15 is 0 Å². The van der Waals surface area contributed by atoms with E-state index in [9.17, 15) is 0 Å². The molecule has 0 bridgehead atoms. The smallest absolute Gasteiger partial charge is 0.141 e. The monoisotopic (exact) mass is 243 g/mol. The first kappa shape index (κ1) is 10.4. The van der Waals surface area contributed by atoms with E-state index in [0.717, 1.165) is 33.8 Å². The lowest BCUT2D eigenvalue weighted by atomic mass is 10.1. The van der Waals surface area contributed by atoms with Crippen LogP contribution in [0.15, 0.2) is 29.6 Å². The second-order valence-electron chi connectivity index (χ2n) is 3.99. The van der Waals surface area contributed by atoms with Gasteiger partial charge in [0, 0.05) is 0 Å². The molecule has 0 saturated carbocycles. The van der Waals surface area contributed by atoms with Crippen molar-refractivity contribution in [2.75, 3.05) is 5.73 Å². The zero-order valence-electron chi connectivity index (χ0n) is 9.53. The van der Waals surface area contributed by atoms with Crippen molar-refractivity contribution in [3.05, 3.63) is 35.2 Å². The van der Waals surface area contributed by atoms with Crippen molar-refractivity contribution >= 4 is 27.4 Å². The Balaban J connectivity index is 2.17. The van der Waals surface area contributed by atoms with E-state index in [1.54, 1.807) is 0 Å². The molecule has 0 fully saturated rings. The number of rotatable bonds is 2. The quantitative estimate of drug-likeness (QED) is 0.724. The molecule has 3 rings (SSSR count). The molecule has 3 nitrogen and oxygen atoms in total. The zero-order valence-corrected chi connectivity index (χ0v) is 10.3. The third-order valence-corrected chi connectivity index (χ3v) is 3.65. The van der Waals surface area contributed by atoms with E-state index in [0.29, 0.717) is 0 Å². The van der Waals surface area contributed by atoms with Gasteiger partial charge in [-0.2, -0.15) is 0 Å². The summed E-state index contributed by atoms with van der Waals surface area (Å²) in [4.78, 5) is 7.89. The largest absolute Gasteiger partial charge is 0.390 e. The standard InChI is InChI=1S/C13H13N3S/c1-2-8-3-4-10-11(7-8)16-13(15-10)9-5-6-17-12(9)14/h3-7H,2,14H2,1H3,(H,15,16). The minimum atomic E-state index is 0.805. The maximum Gasteiger partial charge on any atom is 0.141 e. The Morgan fingerprint density at radius 1 is 1.35 bits per heavy atom. The summed E-state index contributed by atoms with van der Waals surface area (Å²) in [6, 6.07) is 8.31.